The highest BCUT2D eigenvalue weighted by molar-refractivity contribution is 5.58. The van der Waals surface area contributed by atoms with Gasteiger partial charge in [0.1, 0.15) is 5.82 Å². The molecule has 20 heavy (non-hydrogen) atoms. The number of nitrogens with two attached hydrogens (primary N) is 1. The van der Waals surface area contributed by atoms with Crippen LogP contribution in [0, 0.1) is 0 Å². The number of nitrogens with zero attached hydrogens (tertiary/aromatic N) is 3. The molecule has 0 unspecified atom stereocenters. The first kappa shape index (κ1) is 12.3. The summed E-state index contributed by atoms with van der Waals surface area (Å²) >= 11 is 0. The quantitative estimate of drug-likeness (QED) is 0.788. The van der Waals surface area contributed by atoms with Crippen LogP contribution < -0.4 is 5.73 Å². The fourth-order valence-corrected chi connectivity index (χ4v) is 2.01. The van der Waals surface area contributed by atoms with Crippen LogP contribution >= 0.6 is 0 Å². The third-order valence-electron chi connectivity index (χ3n) is 3.05. The Labute approximate surface area is 117 Å². The molecule has 0 radical (unpaired) electrons. The van der Waals surface area contributed by atoms with Gasteiger partial charge in [-0.2, -0.15) is 0 Å². The van der Waals surface area contributed by atoms with Crippen LogP contribution in [0.1, 0.15) is 11.3 Å². The lowest BCUT2D eigenvalue weighted by Crippen LogP contribution is -2.03. The second-order valence-corrected chi connectivity index (χ2v) is 4.49. The minimum atomic E-state index is 0.474. The molecule has 3 aromatic rings. The topological polar surface area (TPSA) is 64.7 Å². The number of rotatable bonds is 3. The molecule has 1 aromatic carbocycles. The van der Waals surface area contributed by atoms with Crippen LogP contribution in [0.2, 0.25) is 0 Å². The summed E-state index contributed by atoms with van der Waals surface area (Å²) in [5.74, 6) is 0.474. The second kappa shape index (κ2) is 5.48. The summed E-state index contributed by atoms with van der Waals surface area (Å²) in [6.07, 6.45) is 5.86. The van der Waals surface area contributed by atoms with Gasteiger partial charge in [-0.3, -0.25) is 4.98 Å². The predicted octanol–water partition coefficient (Wildman–Crippen LogP) is 2.71. The molecule has 2 heterocycles. The average Bonchev–Trinajstić information content (AvgIpc) is 2.51. The van der Waals surface area contributed by atoms with E-state index in [0.717, 1.165) is 22.5 Å². The Morgan fingerprint density at radius 2 is 1.80 bits per heavy atom. The number of aromatic nitrogens is 3. The van der Waals surface area contributed by atoms with Crippen LogP contribution in [0.15, 0.2) is 61.1 Å². The predicted molar refractivity (Wildman–Crippen MR) is 78.9 cm³/mol. The summed E-state index contributed by atoms with van der Waals surface area (Å²) in [6, 6.07) is 13.9. The number of hydrogen-bond donors (Lipinski definition) is 1. The average molecular weight is 262 g/mol. The molecule has 4 nitrogen and oxygen atoms in total. The highest BCUT2D eigenvalue weighted by Crippen LogP contribution is 2.19. The lowest BCUT2D eigenvalue weighted by molar-refractivity contribution is 1.04. The number of anilines is 1. The van der Waals surface area contributed by atoms with Gasteiger partial charge in [-0.05, 0) is 17.7 Å². The lowest BCUT2D eigenvalue weighted by atomic mass is 10.1. The highest BCUT2D eigenvalue weighted by Gasteiger charge is 2.07. The van der Waals surface area contributed by atoms with E-state index in [9.17, 15) is 0 Å². The van der Waals surface area contributed by atoms with Crippen molar-refractivity contribution in [2.45, 2.75) is 6.42 Å². The molecular weight excluding hydrogens is 248 g/mol. The first-order valence-corrected chi connectivity index (χ1v) is 6.38. The Kier molecular flexibility index (Phi) is 3.37. The van der Waals surface area contributed by atoms with Gasteiger partial charge in [0.15, 0.2) is 0 Å². The van der Waals surface area contributed by atoms with Gasteiger partial charge in [-0.25, -0.2) is 9.97 Å². The van der Waals surface area contributed by atoms with E-state index in [0.29, 0.717) is 12.2 Å². The second-order valence-electron chi connectivity index (χ2n) is 4.49. The van der Waals surface area contributed by atoms with Crippen molar-refractivity contribution in [3.05, 3.63) is 72.3 Å². The van der Waals surface area contributed by atoms with Gasteiger partial charge in [-0.1, -0.05) is 30.3 Å². The molecule has 0 spiro atoms. The van der Waals surface area contributed by atoms with Crippen molar-refractivity contribution < 1.29 is 0 Å². The zero-order chi connectivity index (χ0) is 13.8. The van der Waals surface area contributed by atoms with E-state index in [2.05, 4.69) is 27.1 Å². The van der Waals surface area contributed by atoms with Gasteiger partial charge >= 0.3 is 0 Å². The van der Waals surface area contributed by atoms with Crippen LogP contribution in [0.25, 0.3) is 11.3 Å². The Hall–Kier alpha value is -2.75. The minimum Gasteiger partial charge on any atom is -0.382 e. The maximum absolute atomic E-state index is 5.93. The van der Waals surface area contributed by atoms with Gasteiger partial charge in [0, 0.05) is 24.4 Å². The van der Waals surface area contributed by atoms with Crippen molar-refractivity contribution in [1.82, 2.24) is 15.0 Å². The summed E-state index contributed by atoms with van der Waals surface area (Å²) in [5, 5.41) is 0. The van der Waals surface area contributed by atoms with Crippen LogP contribution in [-0.2, 0) is 6.42 Å². The minimum absolute atomic E-state index is 0.474. The summed E-state index contributed by atoms with van der Waals surface area (Å²) < 4.78 is 0. The summed E-state index contributed by atoms with van der Waals surface area (Å²) in [7, 11) is 0. The molecule has 0 aliphatic carbocycles. The first-order valence-electron chi connectivity index (χ1n) is 6.38. The molecule has 3 rings (SSSR count). The summed E-state index contributed by atoms with van der Waals surface area (Å²) in [5.41, 5.74) is 9.61. The molecule has 0 amide bonds. The third-order valence-corrected chi connectivity index (χ3v) is 3.05. The maximum atomic E-state index is 5.93. The standard InChI is InChI=1S/C16H14N4/c17-16-14(9-12-5-2-1-3-6-12)20-15(11-19-16)13-7-4-8-18-10-13/h1-8,10-11H,9H2,(H2,17,19). The molecule has 2 aromatic heterocycles. The van der Waals surface area contributed by atoms with Gasteiger partial charge < -0.3 is 5.73 Å². The van der Waals surface area contributed by atoms with Crippen LogP contribution in [0.3, 0.4) is 0 Å². The molecule has 0 aliphatic heterocycles. The number of hydrogen-bond acceptors (Lipinski definition) is 4. The largest absolute Gasteiger partial charge is 0.382 e. The van der Waals surface area contributed by atoms with E-state index in [1.165, 1.54) is 0 Å². The molecule has 0 bridgehead atoms. The number of benzene rings is 1. The van der Waals surface area contributed by atoms with Crippen molar-refractivity contribution in [1.29, 1.82) is 0 Å². The fourth-order valence-electron chi connectivity index (χ4n) is 2.01. The SMILES string of the molecule is Nc1ncc(-c2cccnc2)nc1Cc1ccccc1. The van der Waals surface area contributed by atoms with Crippen molar-refractivity contribution >= 4 is 5.82 Å². The molecular formula is C16H14N4. The molecule has 0 fully saturated rings. The van der Waals surface area contributed by atoms with Crippen molar-refractivity contribution in [3.63, 3.8) is 0 Å². The molecule has 2 N–H and O–H groups in total. The lowest BCUT2D eigenvalue weighted by Gasteiger charge is -2.07. The van der Waals surface area contributed by atoms with E-state index in [-0.39, 0.29) is 0 Å². The fraction of sp³-hybridized carbons (Fsp3) is 0.0625. The third kappa shape index (κ3) is 2.64. The normalized spacial score (nSPS) is 10.4. The monoisotopic (exact) mass is 262 g/mol. The van der Waals surface area contributed by atoms with Gasteiger partial charge in [0.25, 0.3) is 0 Å². The molecule has 4 heteroatoms. The number of nitrogen functional groups attached to an aromatic ring is 1. The van der Waals surface area contributed by atoms with E-state index >= 15 is 0 Å². The Morgan fingerprint density at radius 3 is 2.55 bits per heavy atom. The van der Waals surface area contributed by atoms with E-state index < -0.39 is 0 Å². The number of pyridine rings is 1. The summed E-state index contributed by atoms with van der Waals surface area (Å²) in [4.78, 5) is 12.9. The summed E-state index contributed by atoms with van der Waals surface area (Å²) in [6.45, 7) is 0. The molecule has 0 atom stereocenters. The molecule has 0 saturated heterocycles. The van der Waals surface area contributed by atoms with Crippen LogP contribution in [0.4, 0.5) is 5.82 Å². The van der Waals surface area contributed by atoms with Gasteiger partial charge in [0.05, 0.1) is 17.6 Å². The Morgan fingerprint density at radius 1 is 0.950 bits per heavy atom. The first-order chi connectivity index (χ1) is 9.83. The van der Waals surface area contributed by atoms with Gasteiger partial charge in [0.2, 0.25) is 0 Å². The van der Waals surface area contributed by atoms with Gasteiger partial charge in [-0.15, -0.1) is 0 Å². The van der Waals surface area contributed by atoms with Crippen molar-refractivity contribution in [2.75, 3.05) is 5.73 Å². The van der Waals surface area contributed by atoms with E-state index in [4.69, 9.17) is 5.73 Å². The van der Waals surface area contributed by atoms with Crippen molar-refractivity contribution in [2.24, 2.45) is 0 Å². The molecule has 0 saturated carbocycles. The zero-order valence-electron chi connectivity index (χ0n) is 10.9. The smallest absolute Gasteiger partial charge is 0.145 e. The molecule has 98 valence electrons. The van der Waals surface area contributed by atoms with E-state index in [1.807, 2.05) is 30.3 Å². The Balaban J connectivity index is 1.95. The van der Waals surface area contributed by atoms with Crippen LogP contribution in [0.5, 0.6) is 0 Å². The van der Waals surface area contributed by atoms with Crippen LogP contribution in [-0.4, -0.2) is 15.0 Å². The van der Waals surface area contributed by atoms with E-state index in [1.54, 1.807) is 18.6 Å². The maximum Gasteiger partial charge on any atom is 0.145 e. The van der Waals surface area contributed by atoms with Crippen molar-refractivity contribution in [3.8, 4) is 11.3 Å². The Bertz CT molecular complexity index is 696. The highest BCUT2D eigenvalue weighted by atomic mass is 14.9. The zero-order valence-corrected chi connectivity index (χ0v) is 10.9. The molecule has 0 aliphatic rings.